The second kappa shape index (κ2) is 3.08. The van der Waals surface area contributed by atoms with Gasteiger partial charge in [-0.25, -0.2) is 4.98 Å². The molecule has 0 saturated heterocycles. The van der Waals surface area contributed by atoms with Crippen molar-refractivity contribution >= 4 is 28.4 Å². The minimum atomic E-state index is -4.42. The Morgan fingerprint density at radius 2 is 1.92 bits per heavy atom. The fourth-order valence-electron chi connectivity index (χ4n) is 0.662. The van der Waals surface area contributed by atoms with Gasteiger partial charge in [0.2, 0.25) is 0 Å². The Morgan fingerprint density at radius 3 is 2.33 bits per heavy atom. The third-order valence-electron chi connectivity index (χ3n) is 1.10. The number of nitrogens with zero attached hydrogens (tertiary/aromatic N) is 1. The van der Waals surface area contributed by atoms with Gasteiger partial charge < -0.3 is 5.73 Å². The highest BCUT2D eigenvalue weighted by atomic mass is 127. The van der Waals surface area contributed by atoms with Gasteiger partial charge in [-0.15, -0.1) is 0 Å². The molecule has 0 unspecified atom stereocenters. The van der Waals surface area contributed by atoms with E-state index in [1.165, 1.54) is 6.07 Å². The first-order valence-electron chi connectivity index (χ1n) is 2.90. The third-order valence-corrected chi connectivity index (χ3v) is 1.72. The van der Waals surface area contributed by atoms with E-state index in [2.05, 4.69) is 4.98 Å². The van der Waals surface area contributed by atoms with E-state index >= 15 is 0 Å². The maximum atomic E-state index is 12.0. The SMILES string of the molecule is Nc1cc(I)cc(C(F)(F)F)n1. The largest absolute Gasteiger partial charge is 0.433 e. The highest BCUT2D eigenvalue weighted by molar-refractivity contribution is 14.1. The van der Waals surface area contributed by atoms with Crippen LogP contribution in [-0.2, 0) is 6.18 Å². The van der Waals surface area contributed by atoms with Crippen molar-refractivity contribution in [3.8, 4) is 0 Å². The summed E-state index contributed by atoms with van der Waals surface area (Å²) < 4.78 is 36.5. The van der Waals surface area contributed by atoms with Gasteiger partial charge in [0.1, 0.15) is 11.5 Å². The van der Waals surface area contributed by atoms with Crippen molar-refractivity contribution in [2.45, 2.75) is 6.18 Å². The minimum absolute atomic E-state index is 0.116. The standard InChI is InChI=1S/C6H4F3IN2/c7-6(8,9)4-1-3(10)2-5(11)12-4/h1-2H,(H2,11,12). The normalized spacial score (nSPS) is 11.7. The number of alkyl halides is 3. The van der Waals surface area contributed by atoms with Gasteiger partial charge in [-0.05, 0) is 34.7 Å². The van der Waals surface area contributed by atoms with E-state index in [1.54, 1.807) is 22.6 Å². The molecule has 0 radical (unpaired) electrons. The third kappa shape index (κ3) is 2.23. The number of hydrogen-bond donors (Lipinski definition) is 1. The number of halogens is 4. The van der Waals surface area contributed by atoms with E-state index in [0.717, 1.165) is 6.07 Å². The number of rotatable bonds is 0. The lowest BCUT2D eigenvalue weighted by atomic mass is 10.3. The fourth-order valence-corrected chi connectivity index (χ4v) is 1.28. The van der Waals surface area contributed by atoms with Crippen molar-refractivity contribution in [3.05, 3.63) is 21.4 Å². The Bertz CT molecular complexity index is 277. The topological polar surface area (TPSA) is 38.9 Å². The maximum absolute atomic E-state index is 12.0. The summed E-state index contributed by atoms with van der Waals surface area (Å²) >= 11 is 1.75. The Balaban J connectivity index is 3.18. The molecule has 2 N–H and O–H groups in total. The van der Waals surface area contributed by atoms with Gasteiger partial charge in [0.05, 0.1) is 0 Å². The van der Waals surface area contributed by atoms with Crippen LogP contribution in [0.3, 0.4) is 0 Å². The Kier molecular flexibility index (Phi) is 2.45. The predicted octanol–water partition coefficient (Wildman–Crippen LogP) is 2.29. The van der Waals surface area contributed by atoms with Crippen LogP contribution < -0.4 is 5.73 Å². The van der Waals surface area contributed by atoms with Crippen LogP contribution in [0.25, 0.3) is 0 Å². The number of aromatic nitrogens is 1. The molecule has 1 heterocycles. The van der Waals surface area contributed by atoms with Gasteiger partial charge in [0.25, 0.3) is 0 Å². The first-order chi connectivity index (χ1) is 5.39. The number of nitrogens with two attached hydrogens (primary N) is 1. The van der Waals surface area contributed by atoms with Crippen molar-refractivity contribution in [2.75, 3.05) is 5.73 Å². The summed E-state index contributed by atoms with van der Waals surface area (Å²) in [6, 6.07) is 2.31. The zero-order chi connectivity index (χ0) is 9.35. The second-order valence-corrected chi connectivity index (χ2v) is 3.34. The molecule has 0 fully saturated rings. The molecule has 12 heavy (non-hydrogen) atoms. The summed E-state index contributed by atoms with van der Waals surface area (Å²) in [6.07, 6.45) is -4.42. The van der Waals surface area contributed by atoms with Gasteiger partial charge >= 0.3 is 6.18 Å². The quantitative estimate of drug-likeness (QED) is 0.744. The number of hydrogen-bond acceptors (Lipinski definition) is 2. The lowest BCUT2D eigenvalue weighted by molar-refractivity contribution is -0.141. The second-order valence-electron chi connectivity index (χ2n) is 2.09. The van der Waals surface area contributed by atoms with Crippen molar-refractivity contribution in [3.63, 3.8) is 0 Å². The molecule has 1 rings (SSSR count). The van der Waals surface area contributed by atoms with Crippen LogP contribution in [0.1, 0.15) is 5.69 Å². The highest BCUT2D eigenvalue weighted by Gasteiger charge is 2.32. The van der Waals surface area contributed by atoms with Gasteiger partial charge in [0, 0.05) is 3.57 Å². The van der Waals surface area contributed by atoms with Crippen molar-refractivity contribution in [1.82, 2.24) is 4.98 Å². The molecule has 1 aromatic heterocycles. The molecule has 0 aliphatic carbocycles. The van der Waals surface area contributed by atoms with Crippen LogP contribution >= 0.6 is 22.6 Å². The Morgan fingerprint density at radius 1 is 1.33 bits per heavy atom. The first kappa shape index (κ1) is 9.56. The molecule has 2 nitrogen and oxygen atoms in total. The van der Waals surface area contributed by atoms with E-state index in [9.17, 15) is 13.2 Å². The van der Waals surface area contributed by atoms with E-state index in [4.69, 9.17) is 5.73 Å². The number of nitrogen functional groups attached to an aromatic ring is 1. The molecule has 0 spiro atoms. The predicted molar refractivity (Wildman–Crippen MR) is 46.4 cm³/mol. The van der Waals surface area contributed by atoms with Gasteiger partial charge in [-0.3, -0.25) is 0 Å². The molecule has 66 valence electrons. The van der Waals surface area contributed by atoms with E-state index in [0.29, 0.717) is 3.57 Å². The van der Waals surface area contributed by atoms with Crippen LogP contribution in [0.2, 0.25) is 0 Å². The average molecular weight is 288 g/mol. The molecule has 1 aromatic rings. The van der Waals surface area contributed by atoms with Crippen molar-refractivity contribution in [2.24, 2.45) is 0 Å². The lowest BCUT2D eigenvalue weighted by Crippen LogP contribution is -2.09. The Hall–Kier alpha value is -0.530. The lowest BCUT2D eigenvalue weighted by Gasteiger charge is -2.06. The smallest absolute Gasteiger partial charge is 0.384 e. The number of pyridine rings is 1. The molecular formula is C6H4F3IN2. The van der Waals surface area contributed by atoms with Gasteiger partial charge in [-0.1, -0.05) is 0 Å². The molecule has 0 aromatic carbocycles. The molecule has 6 heteroatoms. The molecule has 0 aliphatic rings. The van der Waals surface area contributed by atoms with Crippen LogP contribution in [0.15, 0.2) is 12.1 Å². The summed E-state index contributed by atoms with van der Waals surface area (Å²) in [7, 11) is 0. The van der Waals surface area contributed by atoms with Gasteiger partial charge in [0.15, 0.2) is 0 Å². The first-order valence-corrected chi connectivity index (χ1v) is 3.98. The molecule has 0 amide bonds. The zero-order valence-corrected chi connectivity index (χ0v) is 7.85. The van der Waals surface area contributed by atoms with Crippen LogP contribution in [0.5, 0.6) is 0 Å². The monoisotopic (exact) mass is 288 g/mol. The Labute approximate surface area is 80.1 Å². The highest BCUT2D eigenvalue weighted by Crippen LogP contribution is 2.29. The van der Waals surface area contributed by atoms with E-state index in [-0.39, 0.29) is 5.82 Å². The van der Waals surface area contributed by atoms with Crippen LogP contribution in [0.4, 0.5) is 19.0 Å². The summed E-state index contributed by atoms with van der Waals surface area (Å²) in [5, 5.41) is 0. The molecular weight excluding hydrogens is 284 g/mol. The van der Waals surface area contributed by atoms with E-state index < -0.39 is 11.9 Å². The summed E-state index contributed by atoms with van der Waals surface area (Å²) in [4.78, 5) is 3.15. The molecule has 0 aliphatic heterocycles. The maximum Gasteiger partial charge on any atom is 0.433 e. The fraction of sp³-hybridized carbons (Fsp3) is 0.167. The summed E-state index contributed by atoms with van der Waals surface area (Å²) in [5.74, 6) is -0.116. The van der Waals surface area contributed by atoms with Gasteiger partial charge in [-0.2, -0.15) is 13.2 Å². The number of anilines is 1. The molecule has 0 saturated carbocycles. The van der Waals surface area contributed by atoms with E-state index in [1.807, 2.05) is 0 Å². The summed E-state index contributed by atoms with van der Waals surface area (Å²) in [5.41, 5.74) is 4.19. The van der Waals surface area contributed by atoms with Crippen LogP contribution in [0, 0.1) is 3.57 Å². The average Bonchev–Trinajstić information content (AvgIpc) is 1.82. The van der Waals surface area contributed by atoms with Crippen molar-refractivity contribution in [1.29, 1.82) is 0 Å². The van der Waals surface area contributed by atoms with Crippen molar-refractivity contribution < 1.29 is 13.2 Å². The zero-order valence-electron chi connectivity index (χ0n) is 5.69. The minimum Gasteiger partial charge on any atom is -0.384 e. The van der Waals surface area contributed by atoms with Crippen LogP contribution in [-0.4, -0.2) is 4.98 Å². The molecule has 0 atom stereocenters. The summed E-state index contributed by atoms with van der Waals surface area (Å²) in [6.45, 7) is 0. The molecule has 0 bridgehead atoms.